The second-order valence-electron chi connectivity index (χ2n) is 14.3. The fourth-order valence-electron chi connectivity index (χ4n) is 8.42. The van der Waals surface area contributed by atoms with Gasteiger partial charge in [0.15, 0.2) is 0 Å². The van der Waals surface area contributed by atoms with Crippen molar-refractivity contribution >= 4 is 0 Å². The van der Waals surface area contributed by atoms with Crippen molar-refractivity contribution < 1.29 is 51.1 Å². The van der Waals surface area contributed by atoms with Crippen LogP contribution in [0.1, 0.15) is 81.1 Å². The molecule has 10 atom stereocenters. The molecule has 4 rings (SSSR count). The topological polar surface area (TPSA) is 202 Å². The second-order valence-corrected chi connectivity index (χ2v) is 14.3. The highest BCUT2D eigenvalue weighted by molar-refractivity contribution is 5.49. The minimum Gasteiger partial charge on any atom is -0.390 e. The van der Waals surface area contributed by atoms with Gasteiger partial charge in [0.05, 0.1) is 24.4 Å². The lowest BCUT2D eigenvalue weighted by Gasteiger charge is -2.28. The number of aliphatic hydroxyl groups excluding tert-OH is 4. The van der Waals surface area contributed by atoms with Crippen molar-refractivity contribution in [3.05, 3.63) is 0 Å². The van der Waals surface area contributed by atoms with Gasteiger partial charge in [0.2, 0.25) is 0 Å². The van der Waals surface area contributed by atoms with E-state index in [4.69, 9.17) is 0 Å². The van der Waals surface area contributed by atoms with E-state index in [1.54, 1.807) is 27.7 Å². The molecular weight excluding hydrogens is 472 g/mol. The summed E-state index contributed by atoms with van der Waals surface area (Å²) in [6.07, 6.45) is -4.87. The third-order valence-electron chi connectivity index (χ3n) is 11.9. The van der Waals surface area contributed by atoms with Crippen molar-refractivity contribution in [1.29, 1.82) is 0 Å². The van der Waals surface area contributed by atoms with Crippen LogP contribution in [0.25, 0.3) is 0 Å². The van der Waals surface area contributed by atoms with Gasteiger partial charge in [0.25, 0.3) is 0 Å². The first-order chi connectivity index (χ1) is 15.9. The quantitative estimate of drug-likeness (QED) is 0.161. The lowest BCUT2D eigenvalue weighted by molar-refractivity contribution is -0.136. The highest BCUT2D eigenvalue weighted by Crippen LogP contribution is 2.81. The lowest BCUT2D eigenvalue weighted by atomic mass is 9.91. The molecule has 36 heavy (non-hydrogen) atoms. The van der Waals surface area contributed by atoms with Crippen LogP contribution in [0.4, 0.5) is 0 Å². The first-order valence-electron chi connectivity index (χ1n) is 12.9. The molecule has 0 aliphatic heterocycles. The molecule has 0 aromatic heterocycles. The Balaban J connectivity index is 1.38. The van der Waals surface area contributed by atoms with Gasteiger partial charge in [0, 0.05) is 21.7 Å². The van der Waals surface area contributed by atoms with E-state index < -0.39 is 79.7 Å². The predicted molar refractivity (Wildman–Crippen MR) is 127 cm³/mol. The molecule has 0 spiro atoms. The van der Waals surface area contributed by atoms with Gasteiger partial charge in [-0.05, 0) is 12.8 Å². The monoisotopic (exact) mass is 518 g/mol. The van der Waals surface area contributed by atoms with Gasteiger partial charge < -0.3 is 51.1 Å². The normalized spacial score (nSPS) is 54.5. The molecule has 0 amide bonds. The number of unbranched alkanes of at least 4 members (excludes halogenated alkanes) is 1. The Morgan fingerprint density at radius 1 is 0.528 bits per heavy atom. The largest absolute Gasteiger partial charge is 0.390 e. The highest BCUT2D eigenvalue weighted by Gasteiger charge is 3.00. The summed E-state index contributed by atoms with van der Waals surface area (Å²) in [6.45, 7) is 12.4. The van der Waals surface area contributed by atoms with E-state index in [9.17, 15) is 51.1 Å². The molecule has 4 saturated carbocycles. The zero-order chi connectivity index (χ0) is 28.1. The summed E-state index contributed by atoms with van der Waals surface area (Å²) in [7, 11) is 0. The van der Waals surface area contributed by atoms with Gasteiger partial charge in [-0.3, -0.25) is 0 Å². The van der Waals surface area contributed by atoms with Crippen LogP contribution < -0.4 is 0 Å². The molecule has 0 heterocycles. The van der Waals surface area contributed by atoms with Crippen molar-refractivity contribution in [1.82, 2.24) is 0 Å². The van der Waals surface area contributed by atoms with E-state index in [1.165, 1.54) is 27.7 Å². The van der Waals surface area contributed by atoms with Gasteiger partial charge in [-0.25, -0.2) is 0 Å². The predicted octanol–water partition coefficient (Wildman–Crippen LogP) is -1.46. The summed E-state index contributed by atoms with van der Waals surface area (Å²) in [4.78, 5) is 0. The van der Waals surface area contributed by atoms with Crippen molar-refractivity contribution in [2.45, 2.75) is 139 Å². The Labute approximate surface area is 212 Å². The van der Waals surface area contributed by atoms with Crippen molar-refractivity contribution in [2.24, 2.45) is 21.7 Å². The highest BCUT2D eigenvalue weighted by atomic mass is 16.5. The molecule has 10 N–H and O–H groups in total. The summed E-state index contributed by atoms with van der Waals surface area (Å²) in [5.74, 6) is 0. The molecule has 10 nitrogen and oxygen atoms in total. The van der Waals surface area contributed by atoms with Crippen LogP contribution in [0.15, 0.2) is 0 Å². The summed E-state index contributed by atoms with van der Waals surface area (Å²) >= 11 is 0. The molecule has 4 fully saturated rings. The maximum absolute atomic E-state index is 11.3. The van der Waals surface area contributed by atoms with Gasteiger partial charge in [-0.2, -0.15) is 0 Å². The van der Waals surface area contributed by atoms with Crippen LogP contribution in [-0.2, 0) is 0 Å². The van der Waals surface area contributed by atoms with Crippen LogP contribution in [-0.4, -0.2) is 109 Å². The van der Waals surface area contributed by atoms with Crippen LogP contribution >= 0.6 is 0 Å². The lowest BCUT2D eigenvalue weighted by Crippen LogP contribution is -2.49. The first-order valence-corrected chi connectivity index (χ1v) is 12.9. The van der Waals surface area contributed by atoms with E-state index in [2.05, 4.69) is 0 Å². The Bertz CT molecular complexity index is 888. The van der Waals surface area contributed by atoms with E-state index >= 15 is 0 Å². The average Bonchev–Trinajstić information content (AvgIpc) is 3.59. The molecule has 0 aromatic carbocycles. The van der Waals surface area contributed by atoms with E-state index in [0.717, 1.165) is 0 Å². The molecule has 4 aliphatic rings. The Hall–Kier alpha value is -0.400. The SMILES string of the molecule is CC1(C)[C@](O)([C@]2(O)C(O)C2(C)C)[C@@]1(O)C(O)CCCCC(O)[C@@]1(O)C(C)(C)[C@]1(O)[C@]1(O)C(O)C1(C)C. The molecule has 210 valence electrons. The van der Waals surface area contributed by atoms with Crippen LogP contribution in [0.2, 0.25) is 0 Å². The zero-order valence-corrected chi connectivity index (χ0v) is 22.6. The maximum Gasteiger partial charge on any atom is 0.136 e. The summed E-state index contributed by atoms with van der Waals surface area (Å²) in [5.41, 5.74) is -17.1. The minimum absolute atomic E-state index is 0.00331. The number of aliphatic hydroxyl groups is 10. The van der Waals surface area contributed by atoms with E-state index in [1.807, 2.05) is 0 Å². The molecule has 0 radical (unpaired) electrons. The molecule has 0 bridgehead atoms. The standard InChI is InChI=1S/C26H46O10/c1-17(2)15(29)23(17,33)25(35)19(5,6)21(25,31)13(27)11-9-10-12-14(28)22(32)20(7,8)26(22,36)24(34)16(30)18(24,3)4/h13-16,27-36H,9-12H2,1-8H3/t13?,14?,15?,16?,21-,22-,23+,24+,25-,26-/m1/s1. The van der Waals surface area contributed by atoms with Gasteiger partial charge >= 0.3 is 0 Å². The third-order valence-corrected chi connectivity index (χ3v) is 11.9. The molecule has 4 unspecified atom stereocenters. The summed E-state index contributed by atoms with van der Waals surface area (Å²) < 4.78 is 0. The zero-order valence-electron chi connectivity index (χ0n) is 22.6. The summed E-state index contributed by atoms with van der Waals surface area (Å²) in [5, 5.41) is 109. The van der Waals surface area contributed by atoms with Gasteiger partial charge in [-0.15, -0.1) is 0 Å². The van der Waals surface area contributed by atoms with Crippen LogP contribution in [0.3, 0.4) is 0 Å². The van der Waals surface area contributed by atoms with Crippen molar-refractivity contribution in [3.8, 4) is 0 Å². The van der Waals surface area contributed by atoms with Gasteiger partial charge in [0.1, 0.15) is 33.6 Å². The van der Waals surface area contributed by atoms with Crippen LogP contribution in [0.5, 0.6) is 0 Å². The smallest absolute Gasteiger partial charge is 0.136 e. The number of rotatable bonds is 9. The molecule has 10 heteroatoms. The second kappa shape index (κ2) is 6.83. The first kappa shape index (κ1) is 28.6. The molecule has 0 aromatic rings. The van der Waals surface area contributed by atoms with Crippen LogP contribution in [0, 0.1) is 21.7 Å². The van der Waals surface area contributed by atoms with Gasteiger partial charge in [-0.1, -0.05) is 68.2 Å². The Morgan fingerprint density at radius 2 is 0.750 bits per heavy atom. The number of hydrogen-bond donors (Lipinski definition) is 10. The maximum atomic E-state index is 11.3. The van der Waals surface area contributed by atoms with Crippen molar-refractivity contribution in [3.63, 3.8) is 0 Å². The minimum atomic E-state index is -2.13. The fraction of sp³-hybridized carbons (Fsp3) is 1.00. The Morgan fingerprint density at radius 3 is 0.944 bits per heavy atom. The fourth-order valence-corrected chi connectivity index (χ4v) is 8.42. The van der Waals surface area contributed by atoms with E-state index in [0.29, 0.717) is 0 Å². The molecular formula is C26H46O10. The Kier molecular flexibility index (Phi) is 5.43. The third kappa shape index (κ3) is 2.30. The average molecular weight is 519 g/mol. The molecule has 4 aliphatic carbocycles. The summed E-state index contributed by atoms with van der Waals surface area (Å²) in [6, 6.07) is 0. The number of hydrogen-bond acceptors (Lipinski definition) is 10. The van der Waals surface area contributed by atoms with Crippen molar-refractivity contribution in [2.75, 3.05) is 0 Å². The molecule has 0 saturated heterocycles. The van der Waals surface area contributed by atoms with E-state index in [-0.39, 0.29) is 25.7 Å².